The third kappa shape index (κ3) is 3.80. The van der Waals surface area contributed by atoms with Crippen LogP contribution in [-0.4, -0.2) is 42.5 Å². The van der Waals surface area contributed by atoms with E-state index in [1.807, 2.05) is 56.5 Å². The second-order valence-corrected chi connectivity index (χ2v) is 10.9. The summed E-state index contributed by atoms with van der Waals surface area (Å²) in [5, 5.41) is 0. The Morgan fingerprint density at radius 3 is 2.76 bits per heavy atom. The van der Waals surface area contributed by atoms with E-state index < -0.39 is 9.84 Å². The van der Waals surface area contributed by atoms with E-state index in [2.05, 4.69) is 0 Å². The van der Waals surface area contributed by atoms with Gasteiger partial charge in [0.25, 0.3) is 0 Å². The highest BCUT2D eigenvalue weighted by Gasteiger charge is 2.33. The maximum Gasteiger partial charge on any atom is 0.202 e. The molecule has 7 heteroatoms. The fraction of sp³-hybridized carbons (Fsp3) is 0.500. The molecule has 1 unspecified atom stereocenters. The van der Waals surface area contributed by atoms with Crippen molar-refractivity contribution < 1.29 is 22.7 Å². The van der Waals surface area contributed by atoms with E-state index in [-0.39, 0.29) is 35.5 Å². The highest BCUT2D eigenvalue weighted by atomic mass is 32.2. The van der Waals surface area contributed by atoms with Crippen LogP contribution in [0, 0.1) is 13.8 Å². The number of sulfone groups is 1. The van der Waals surface area contributed by atoms with E-state index in [1.165, 1.54) is 0 Å². The lowest BCUT2D eigenvalue weighted by molar-refractivity contribution is 0.0911. The number of ketones is 1. The molecule has 0 N–H and O–H groups in total. The second kappa shape index (κ2) is 6.90. The van der Waals surface area contributed by atoms with Crippen molar-refractivity contribution in [2.24, 2.45) is 0 Å². The Hall–Kier alpha value is -2.28. The number of aryl methyl sites for hydroxylation is 1. The van der Waals surface area contributed by atoms with Crippen LogP contribution in [0.25, 0.3) is 0 Å². The summed E-state index contributed by atoms with van der Waals surface area (Å²) in [6.45, 7) is 7.75. The Labute approximate surface area is 171 Å². The monoisotopic (exact) mass is 417 g/mol. The van der Waals surface area contributed by atoms with Gasteiger partial charge in [0, 0.05) is 35.0 Å². The molecule has 6 nitrogen and oxygen atoms in total. The summed E-state index contributed by atoms with van der Waals surface area (Å²) in [5.74, 6) is 1.51. The Kier molecular flexibility index (Phi) is 4.76. The van der Waals surface area contributed by atoms with E-state index in [4.69, 9.17) is 9.47 Å². The molecule has 3 heterocycles. The van der Waals surface area contributed by atoms with Gasteiger partial charge in [-0.05, 0) is 46.2 Å². The normalized spacial score (nSPS) is 21.6. The summed E-state index contributed by atoms with van der Waals surface area (Å²) in [7, 11) is -2.99. The van der Waals surface area contributed by atoms with Gasteiger partial charge in [0.1, 0.15) is 5.60 Å². The zero-order valence-corrected chi connectivity index (χ0v) is 18.1. The molecular formula is C22H27NO5S. The molecule has 0 aliphatic carbocycles. The topological polar surface area (TPSA) is 74.6 Å². The van der Waals surface area contributed by atoms with Gasteiger partial charge < -0.3 is 14.0 Å². The van der Waals surface area contributed by atoms with Gasteiger partial charge in [-0.1, -0.05) is 12.1 Å². The molecule has 0 radical (unpaired) electrons. The molecule has 29 heavy (non-hydrogen) atoms. The Balaban J connectivity index is 1.51. The lowest BCUT2D eigenvalue weighted by atomic mass is 10.0. The van der Waals surface area contributed by atoms with Crippen molar-refractivity contribution >= 4 is 15.6 Å². The minimum absolute atomic E-state index is 0.0898. The summed E-state index contributed by atoms with van der Waals surface area (Å²) < 4.78 is 37.6. The molecule has 156 valence electrons. The molecular weight excluding hydrogens is 390 g/mol. The van der Waals surface area contributed by atoms with Gasteiger partial charge in [0.2, 0.25) is 5.78 Å². The third-order valence-corrected chi connectivity index (χ3v) is 7.52. The predicted octanol–water partition coefficient (Wildman–Crippen LogP) is 3.44. The van der Waals surface area contributed by atoms with E-state index >= 15 is 0 Å². The van der Waals surface area contributed by atoms with Crippen molar-refractivity contribution in [1.29, 1.82) is 0 Å². The molecule has 1 aromatic carbocycles. The number of nitrogens with zero attached hydrogens (tertiary/aromatic N) is 1. The number of rotatable bonds is 5. The first-order chi connectivity index (χ1) is 13.6. The minimum atomic E-state index is -2.99. The largest absolute Gasteiger partial charge is 0.483 e. The number of para-hydroxylation sites is 1. The summed E-state index contributed by atoms with van der Waals surface area (Å²) in [5.41, 5.74) is 3.09. The van der Waals surface area contributed by atoms with Crippen LogP contribution in [0.1, 0.15) is 53.6 Å². The number of fused-ring (bicyclic) bond motifs is 1. The first-order valence-corrected chi connectivity index (χ1v) is 11.7. The SMILES string of the molecule is Cc1cc(C(=O)COc2cccc3c2OC(C)(C)C3)c(C)n1C1CCS(=O)(=O)C1. The number of hydrogen-bond acceptors (Lipinski definition) is 5. The second-order valence-electron chi connectivity index (χ2n) is 8.71. The molecule has 0 bridgehead atoms. The number of Topliss-reactive ketones (excluding diaryl/α,β-unsaturated/α-hetero) is 1. The Morgan fingerprint density at radius 2 is 2.07 bits per heavy atom. The lowest BCUT2D eigenvalue weighted by Crippen LogP contribution is -2.24. The number of ether oxygens (including phenoxy) is 2. The average molecular weight is 418 g/mol. The standard InChI is InChI=1S/C22H27NO5S/c1-14-10-18(15(2)23(14)17-8-9-29(25,26)13-17)19(24)12-27-20-7-5-6-16-11-22(3,4)28-21(16)20/h5-7,10,17H,8-9,11-13H2,1-4H3. The molecule has 1 saturated heterocycles. The van der Waals surface area contributed by atoms with Gasteiger partial charge in [-0.15, -0.1) is 0 Å². The Bertz CT molecular complexity index is 1080. The smallest absolute Gasteiger partial charge is 0.202 e. The van der Waals surface area contributed by atoms with Crippen molar-refractivity contribution in [3.63, 3.8) is 0 Å². The van der Waals surface area contributed by atoms with Crippen LogP contribution < -0.4 is 9.47 Å². The van der Waals surface area contributed by atoms with Crippen LogP contribution in [-0.2, 0) is 16.3 Å². The summed E-state index contributed by atoms with van der Waals surface area (Å²) in [6, 6.07) is 7.48. The molecule has 0 saturated carbocycles. The number of carbonyl (C=O) groups excluding carboxylic acids is 1. The molecule has 0 spiro atoms. The Morgan fingerprint density at radius 1 is 1.31 bits per heavy atom. The summed E-state index contributed by atoms with van der Waals surface area (Å²) in [6.07, 6.45) is 1.39. The van der Waals surface area contributed by atoms with Gasteiger partial charge in [0.15, 0.2) is 27.9 Å². The van der Waals surface area contributed by atoms with Gasteiger partial charge >= 0.3 is 0 Å². The molecule has 1 aromatic heterocycles. The highest BCUT2D eigenvalue weighted by Crippen LogP contribution is 2.41. The van der Waals surface area contributed by atoms with E-state index in [0.29, 0.717) is 23.5 Å². The van der Waals surface area contributed by atoms with Gasteiger partial charge in [-0.25, -0.2) is 8.42 Å². The van der Waals surface area contributed by atoms with E-state index in [0.717, 1.165) is 23.4 Å². The zero-order valence-electron chi connectivity index (χ0n) is 17.3. The molecule has 2 aliphatic heterocycles. The van der Waals surface area contributed by atoms with E-state index in [1.54, 1.807) is 0 Å². The minimum Gasteiger partial charge on any atom is -0.483 e. The van der Waals surface area contributed by atoms with Crippen LogP contribution in [0.15, 0.2) is 24.3 Å². The van der Waals surface area contributed by atoms with Gasteiger partial charge in [-0.3, -0.25) is 4.79 Å². The first kappa shape index (κ1) is 20.0. The van der Waals surface area contributed by atoms with Gasteiger partial charge in [0.05, 0.1) is 11.5 Å². The van der Waals surface area contributed by atoms with Crippen molar-refractivity contribution in [3.8, 4) is 11.5 Å². The number of hydrogen-bond donors (Lipinski definition) is 0. The summed E-state index contributed by atoms with van der Waals surface area (Å²) >= 11 is 0. The maximum absolute atomic E-state index is 12.9. The fourth-order valence-corrected chi connectivity index (χ4v) is 6.22. The van der Waals surface area contributed by atoms with Crippen LogP contribution in [0.2, 0.25) is 0 Å². The molecule has 1 fully saturated rings. The van der Waals surface area contributed by atoms with Crippen molar-refractivity contribution in [2.45, 2.75) is 52.2 Å². The van der Waals surface area contributed by atoms with Crippen LogP contribution in [0.4, 0.5) is 0 Å². The third-order valence-electron chi connectivity index (χ3n) is 5.77. The average Bonchev–Trinajstić information content (AvgIpc) is 3.24. The van der Waals surface area contributed by atoms with Crippen LogP contribution >= 0.6 is 0 Å². The molecule has 0 amide bonds. The van der Waals surface area contributed by atoms with Crippen molar-refractivity contribution in [2.75, 3.05) is 18.1 Å². The van der Waals surface area contributed by atoms with Crippen LogP contribution in [0.5, 0.6) is 11.5 Å². The summed E-state index contributed by atoms with van der Waals surface area (Å²) in [4.78, 5) is 12.9. The molecule has 4 rings (SSSR count). The fourth-order valence-electron chi connectivity index (χ4n) is 4.52. The number of benzene rings is 1. The number of carbonyl (C=O) groups is 1. The predicted molar refractivity (Wildman–Crippen MR) is 111 cm³/mol. The molecule has 2 aromatic rings. The van der Waals surface area contributed by atoms with Gasteiger partial charge in [-0.2, -0.15) is 0 Å². The lowest BCUT2D eigenvalue weighted by Gasteiger charge is -2.18. The quantitative estimate of drug-likeness (QED) is 0.697. The molecule has 2 aliphatic rings. The number of aromatic nitrogens is 1. The van der Waals surface area contributed by atoms with Crippen molar-refractivity contribution in [1.82, 2.24) is 4.57 Å². The first-order valence-electron chi connectivity index (χ1n) is 9.92. The maximum atomic E-state index is 12.9. The highest BCUT2D eigenvalue weighted by molar-refractivity contribution is 7.91. The molecule has 1 atom stereocenters. The van der Waals surface area contributed by atoms with Crippen LogP contribution in [0.3, 0.4) is 0 Å². The van der Waals surface area contributed by atoms with E-state index in [9.17, 15) is 13.2 Å². The zero-order chi connectivity index (χ0) is 21.0. The van der Waals surface area contributed by atoms with Crippen molar-refractivity contribution in [3.05, 3.63) is 46.8 Å².